The predicted molar refractivity (Wildman–Crippen MR) is 84.3 cm³/mol. The van der Waals surface area contributed by atoms with Gasteiger partial charge >= 0.3 is 0 Å². The highest BCUT2D eigenvalue weighted by Crippen LogP contribution is 2.15. The fourth-order valence-corrected chi connectivity index (χ4v) is 2.33. The molecule has 7 nitrogen and oxygen atoms in total. The van der Waals surface area contributed by atoms with Crippen LogP contribution < -0.4 is 10.9 Å². The first-order chi connectivity index (χ1) is 10.0. The molecule has 0 aromatic carbocycles. The topological polar surface area (TPSA) is 87.5 Å². The van der Waals surface area contributed by atoms with E-state index in [1.165, 1.54) is 10.9 Å². The number of aliphatic hydroxyl groups is 1. The zero-order chi connectivity index (χ0) is 15.8. The Kier molecular flexibility index (Phi) is 7.38. The molecule has 118 valence electrons. The number of halogens is 1. The van der Waals surface area contributed by atoms with Crippen LogP contribution >= 0.6 is 15.9 Å². The van der Waals surface area contributed by atoms with Crippen molar-refractivity contribution in [2.45, 2.75) is 26.8 Å². The van der Waals surface area contributed by atoms with Crippen LogP contribution in [0.25, 0.3) is 0 Å². The average molecular weight is 361 g/mol. The van der Waals surface area contributed by atoms with Crippen molar-refractivity contribution in [1.29, 1.82) is 0 Å². The minimum absolute atomic E-state index is 0.0743. The van der Waals surface area contributed by atoms with E-state index >= 15 is 0 Å². The molecule has 0 aliphatic carbocycles. The molecule has 2 N–H and O–H groups in total. The lowest BCUT2D eigenvalue weighted by Crippen LogP contribution is -2.32. The van der Waals surface area contributed by atoms with Crippen molar-refractivity contribution in [2.24, 2.45) is 0 Å². The summed E-state index contributed by atoms with van der Waals surface area (Å²) in [4.78, 5) is 25.5. The van der Waals surface area contributed by atoms with E-state index < -0.39 is 0 Å². The summed E-state index contributed by atoms with van der Waals surface area (Å²) in [5.74, 6) is 0.0743. The predicted octanol–water partition coefficient (Wildman–Crippen LogP) is 0.668. The lowest BCUT2D eigenvalue weighted by atomic mass is 10.3. The SMILES string of the molecule is CCN(CC)C(=O)CCNc1cnn(CCO)c(=O)c1Br. The molecule has 0 atom stereocenters. The Hall–Kier alpha value is -1.41. The number of amides is 1. The Morgan fingerprint density at radius 2 is 2.14 bits per heavy atom. The van der Waals surface area contributed by atoms with E-state index in [1.54, 1.807) is 4.90 Å². The van der Waals surface area contributed by atoms with Gasteiger partial charge < -0.3 is 15.3 Å². The van der Waals surface area contributed by atoms with Crippen LogP contribution in [0, 0.1) is 0 Å². The summed E-state index contributed by atoms with van der Waals surface area (Å²) in [7, 11) is 0. The van der Waals surface area contributed by atoms with E-state index in [2.05, 4.69) is 26.3 Å². The number of carbonyl (C=O) groups excluding carboxylic acids is 1. The molecule has 0 bridgehead atoms. The number of hydrogen-bond acceptors (Lipinski definition) is 5. The Labute approximate surface area is 132 Å². The Morgan fingerprint density at radius 1 is 1.48 bits per heavy atom. The first-order valence-corrected chi connectivity index (χ1v) is 7.72. The van der Waals surface area contributed by atoms with Gasteiger partial charge in [0.15, 0.2) is 0 Å². The van der Waals surface area contributed by atoms with Crippen molar-refractivity contribution in [2.75, 3.05) is 31.6 Å². The van der Waals surface area contributed by atoms with Gasteiger partial charge in [0.1, 0.15) is 4.47 Å². The van der Waals surface area contributed by atoms with Crippen molar-refractivity contribution in [3.63, 3.8) is 0 Å². The smallest absolute Gasteiger partial charge is 0.283 e. The van der Waals surface area contributed by atoms with Crippen LogP contribution in [0.5, 0.6) is 0 Å². The molecule has 0 unspecified atom stereocenters. The minimum atomic E-state index is -0.316. The largest absolute Gasteiger partial charge is 0.394 e. The van der Waals surface area contributed by atoms with Gasteiger partial charge in [-0.05, 0) is 29.8 Å². The Balaban J connectivity index is 2.63. The maximum atomic E-state index is 11.9. The van der Waals surface area contributed by atoms with Gasteiger partial charge in [-0.2, -0.15) is 5.10 Å². The van der Waals surface area contributed by atoms with Gasteiger partial charge in [-0.3, -0.25) is 9.59 Å². The molecule has 0 aliphatic rings. The van der Waals surface area contributed by atoms with Gasteiger partial charge in [-0.1, -0.05) is 0 Å². The van der Waals surface area contributed by atoms with E-state index in [1.807, 2.05) is 13.8 Å². The highest BCUT2D eigenvalue weighted by atomic mass is 79.9. The van der Waals surface area contributed by atoms with Crippen molar-refractivity contribution in [1.82, 2.24) is 14.7 Å². The molecule has 0 aliphatic heterocycles. The second-order valence-corrected chi connectivity index (χ2v) is 5.16. The third-order valence-corrected chi connectivity index (χ3v) is 3.83. The minimum Gasteiger partial charge on any atom is -0.394 e. The number of aliphatic hydroxyl groups excluding tert-OH is 1. The maximum absolute atomic E-state index is 11.9. The molecule has 1 amide bonds. The van der Waals surface area contributed by atoms with Crippen molar-refractivity contribution >= 4 is 27.5 Å². The number of hydrogen-bond donors (Lipinski definition) is 2. The normalized spacial score (nSPS) is 10.5. The second kappa shape index (κ2) is 8.78. The number of aromatic nitrogens is 2. The fourth-order valence-electron chi connectivity index (χ4n) is 1.88. The molecule has 8 heteroatoms. The first kappa shape index (κ1) is 17.6. The van der Waals surface area contributed by atoms with E-state index in [4.69, 9.17) is 5.11 Å². The number of rotatable bonds is 8. The molecule has 1 heterocycles. The molecule has 0 saturated heterocycles. The molecule has 1 rings (SSSR count). The molecular formula is C13H21BrN4O3. The zero-order valence-corrected chi connectivity index (χ0v) is 13.9. The first-order valence-electron chi connectivity index (χ1n) is 6.93. The summed E-state index contributed by atoms with van der Waals surface area (Å²) in [6.07, 6.45) is 1.86. The monoisotopic (exact) mass is 360 g/mol. The van der Waals surface area contributed by atoms with Crippen molar-refractivity contribution in [3.05, 3.63) is 21.0 Å². The number of carbonyl (C=O) groups is 1. The Bertz CT molecular complexity index is 529. The third-order valence-electron chi connectivity index (χ3n) is 3.07. The standard InChI is InChI=1S/C13H21BrN4O3/c1-3-17(4-2)11(20)5-6-15-10-9-16-18(7-8-19)13(21)12(10)14/h9,15,19H,3-8H2,1-2H3. The molecular weight excluding hydrogens is 340 g/mol. The number of anilines is 1. The third kappa shape index (κ3) is 4.82. The quantitative estimate of drug-likeness (QED) is 0.711. The van der Waals surface area contributed by atoms with Crippen LogP contribution in [0.2, 0.25) is 0 Å². The summed E-state index contributed by atoms with van der Waals surface area (Å²) in [6, 6.07) is 0. The molecule has 21 heavy (non-hydrogen) atoms. The summed E-state index contributed by atoms with van der Waals surface area (Å²) in [5, 5.41) is 15.8. The summed E-state index contributed by atoms with van der Waals surface area (Å²) in [6.45, 7) is 5.70. The van der Waals surface area contributed by atoms with E-state index in [0.29, 0.717) is 36.2 Å². The van der Waals surface area contributed by atoms with Gasteiger partial charge in [0.25, 0.3) is 5.56 Å². The molecule has 0 saturated carbocycles. The summed E-state index contributed by atoms with van der Waals surface area (Å²) < 4.78 is 1.53. The van der Waals surface area contributed by atoms with Gasteiger partial charge in [-0.15, -0.1) is 0 Å². The Morgan fingerprint density at radius 3 is 2.71 bits per heavy atom. The van der Waals surface area contributed by atoms with Gasteiger partial charge in [0, 0.05) is 26.1 Å². The van der Waals surface area contributed by atoms with Crippen LogP contribution in [-0.4, -0.2) is 51.9 Å². The van der Waals surface area contributed by atoms with Crippen LogP contribution in [0.3, 0.4) is 0 Å². The molecule has 1 aromatic rings. The zero-order valence-electron chi connectivity index (χ0n) is 12.3. The van der Waals surface area contributed by atoms with Crippen LogP contribution in [0.4, 0.5) is 5.69 Å². The highest BCUT2D eigenvalue weighted by molar-refractivity contribution is 9.10. The van der Waals surface area contributed by atoms with Crippen LogP contribution in [-0.2, 0) is 11.3 Å². The molecule has 0 fully saturated rings. The van der Waals surface area contributed by atoms with Crippen molar-refractivity contribution < 1.29 is 9.90 Å². The van der Waals surface area contributed by atoms with Crippen molar-refractivity contribution in [3.8, 4) is 0 Å². The van der Waals surface area contributed by atoms with E-state index in [0.717, 1.165) is 0 Å². The van der Waals surface area contributed by atoms with E-state index in [-0.39, 0.29) is 24.6 Å². The average Bonchev–Trinajstić information content (AvgIpc) is 2.48. The second-order valence-electron chi connectivity index (χ2n) is 4.37. The fraction of sp³-hybridized carbons (Fsp3) is 0.615. The van der Waals surface area contributed by atoms with E-state index in [9.17, 15) is 9.59 Å². The van der Waals surface area contributed by atoms with Gasteiger partial charge in [0.2, 0.25) is 5.91 Å². The van der Waals surface area contributed by atoms with Crippen LogP contribution in [0.15, 0.2) is 15.5 Å². The summed E-state index contributed by atoms with van der Waals surface area (Å²) >= 11 is 3.21. The number of nitrogens with one attached hydrogen (secondary N) is 1. The number of nitrogens with zero attached hydrogens (tertiary/aromatic N) is 3. The van der Waals surface area contributed by atoms with Gasteiger partial charge in [0.05, 0.1) is 25.0 Å². The lowest BCUT2D eigenvalue weighted by molar-refractivity contribution is -0.130. The van der Waals surface area contributed by atoms with Gasteiger partial charge in [-0.25, -0.2) is 4.68 Å². The molecule has 1 aromatic heterocycles. The van der Waals surface area contributed by atoms with Crippen LogP contribution in [0.1, 0.15) is 20.3 Å². The highest BCUT2D eigenvalue weighted by Gasteiger charge is 2.11. The molecule has 0 radical (unpaired) electrons. The lowest BCUT2D eigenvalue weighted by Gasteiger charge is -2.18. The molecule has 0 spiro atoms. The maximum Gasteiger partial charge on any atom is 0.283 e. The summed E-state index contributed by atoms with van der Waals surface area (Å²) in [5.41, 5.74) is 0.227.